The molecule has 0 spiro atoms. The summed E-state index contributed by atoms with van der Waals surface area (Å²) in [5.41, 5.74) is 2.49. The van der Waals surface area contributed by atoms with Crippen molar-refractivity contribution >= 4 is 11.8 Å². The highest BCUT2D eigenvalue weighted by Crippen LogP contribution is 2.32. The fourth-order valence-electron chi connectivity index (χ4n) is 2.72. The lowest BCUT2D eigenvalue weighted by molar-refractivity contribution is 0.147. The molecule has 3 rings (SSSR count). The van der Waals surface area contributed by atoms with E-state index in [0.717, 1.165) is 23.2 Å². The number of nitrogens with zero attached hydrogens (tertiary/aromatic N) is 1. The molecule has 1 N–H and O–H groups in total. The summed E-state index contributed by atoms with van der Waals surface area (Å²) < 4.78 is 5.42. The summed E-state index contributed by atoms with van der Waals surface area (Å²) in [6, 6.07) is 17.1. The van der Waals surface area contributed by atoms with E-state index in [0.29, 0.717) is 13.0 Å². The van der Waals surface area contributed by atoms with Crippen LogP contribution in [0, 0.1) is 0 Å². The second kappa shape index (κ2) is 6.62. The normalized spacial score (nSPS) is 17.5. The van der Waals surface area contributed by atoms with Crippen LogP contribution in [-0.4, -0.2) is 17.7 Å². The lowest BCUT2D eigenvalue weighted by Crippen LogP contribution is -2.32. The summed E-state index contributed by atoms with van der Waals surface area (Å²) in [4.78, 5) is 14.0. The maximum Gasteiger partial charge on any atom is 0.414 e. The van der Waals surface area contributed by atoms with E-state index in [9.17, 15) is 9.90 Å². The minimum absolute atomic E-state index is 0.251. The molecule has 1 aliphatic heterocycles. The molecule has 114 valence electrons. The number of para-hydroxylation sites is 1. The summed E-state index contributed by atoms with van der Waals surface area (Å²) in [6.07, 6.45) is 0.504. The van der Waals surface area contributed by atoms with E-state index >= 15 is 0 Å². The topological polar surface area (TPSA) is 49.8 Å². The fourth-order valence-corrected chi connectivity index (χ4v) is 2.72. The third-order valence-electron chi connectivity index (χ3n) is 3.87. The van der Waals surface area contributed by atoms with E-state index in [2.05, 4.69) is 0 Å². The largest absolute Gasteiger partial charge is 0.444 e. The van der Waals surface area contributed by atoms with Crippen LogP contribution in [0.1, 0.15) is 30.1 Å². The molecule has 1 aliphatic rings. The van der Waals surface area contributed by atoms with Gasteiger partial charge in [-0.2, -0.15) is 0 Å². The number of benzene rings is 2. The highest BCUT2D eigenvalue weighted by Gasteiger charge is 2.25. The molecule has 0 aromatic heterocycles. The van der Waals surface area contributed by atoms with Crippen LogP contribution < -0.4 is 4.90 Å². The molecule has 1 amide bonds. The van der Waals surface area contributed by atoms with Gasteiger partial charge in [0.05, 0.1) is 11.8 Å². The van der Waals surface area contributed by atoms with Gasteiger partial charge in [0, 0.05) is 12.1 Å². The quantitative estimate of drug-likeness (QED) is 0.920. The first kappa shape index (κ1) is 14.6. The summed E-state index contributed by atoms with van der Waals surface area (Å²) >= 11 is 0. The Morgan fingerprint density at radius 1 is 1.14 bits per heavy atom. The van der Waals surface area contributed by atoms with Crippen molar-refractivity contribution in [3.8, 4) is 0 Å². The van der Waals surface area contributed by atoms with E-state index in [4.69, 9.17) is 4.74 Å². The van der Waals surface area contributed by atoms with Gasteiger partial charge in [0.15, 0.2) is 0 Å². The van der Waals surface area contributed by atoms with Gasteiger partial charge >= 0.3 is 6.09 Å². The van der Waals surface area contributed by atoms with Crippen molar-refractivity contribution in [1.82, 2.24) is 0 Å². The molecule has 0 bridgehead atoms. The first-order valence-electron chi connectivity index (χ1n) is 7.51. The molecule has 0 aliphatic carbocycles. The Balaban J connectivity index is 1.76. The van der Waals surface area contributed by atoms with Gasteiger partial charge in [-0.25, -0.2) is 4.79 Å². The Kier molecular flexibility index (Phi) is 4.39. The number of amides is 1. The number of fused-ring (bicyclic) bond motifs is 1. The molecule has 22 heavy (non-hydrogen) atoms. The number of rotatable bonds is 2. The molecule has 0 fully saturated rings. The highest BCUT2D eigenvalue weighted by atomic mass is 16.6. The molecular weight excluding hydrogens is 278 g/mol. The van der Waals surface area contributed by atoms with Crippen molar-refractivity contribution in [3.63, 3.8) is 0 Å². The molecule has 1 atom stereocenters. The monoisotopic (exact) mass is 297 g/mol. The van der Waals surface area contributed by atoms with Crippen LogP contribution in [0.4, 0.5) is 10.5 Å². The minimum atomic E-state index is -0.525. The van der Waals surface area contributed by atoms with Gasteiger partial charge in [-0.05, 0) is 24.5 Å². The van der Waals surface area contributed by atoms with Gasteiger partial charge in [0.25, 0.3) is 0 Å². The number of carbonyl (C=O) groups excluding carboxylic acids is 1. The van der Waals surface area contributed by atoms with Gasteiger partial charge in [-0.1, -0.05) is 48.5 Å². The van der Waals surface area contributed by atoms with Gasteiger partial charge < -0.3 is 9.84 Å². The highest BCUT2D eigenvalue weighted by molar-refractivity contribution is 5.89. The van der Waals surface area contributed by atoms with Crippen molar-refractivity contribution in [2.45, 2.75) is 25.6 Å². The molecule has 2 aromatic carbocycles. The zero-order valence-corrected chi connectivity index (χ0v) is 12.3. The number of ether oxygens (including phenoxy) is 1. The SMILES string of the molecule is O=C(OCc1ccccc1)N1CCCC(O)c2ccccc21. The van der Waals surface area contributed by atoms with E-state index in [-0.39, 0.29) is 12.7 Å². The number of carbonyl (C=O) groups is 1. The Labute approximate surface area is 130 Å². The Morgan fingerprint density at radius 3 is 2.68 bits per heavy atom. The standard InChI is InChI=1S/C18H19NO3/c20-17-11-6-12-19(16-10-5-4-9-15(16)17)18(21)22-13-14-7-2-1-3-8-14/h1-5,7-10,17,20H,6,11-13H2. The number of anilines is 1. The van der Waals surface area contributed by atoms with Gasteiger partial charge in [0.1, 0.15) is 6.61 Å². The Morgan fingerprint density at radius 2 is 1.86 bits per heavy atom. The van der Waals surface area contributed by atoms with Gasteiger partial charge in [-0.3, -0.25) is 4.90 Å². The van der Waals surface area contributed by atoms with Crippen LogP contribution in [0.15, 0.2) is 54.6 Å². The van der Waals surface area contributed by atoms with Crippen molar-refractivity contribution in [2.75, 3.05) is 11.4 Å². The van der Waals surface area contributed by atoms with Crippen LogP contribution in [-0.2, 0) is 11.3 Å². The molecule has 1 heterocycles. The smallest absolute Gasteiger partial charge is 0.414 e. The first-order valence-corrected chi connectivity index (χ1v) is 7.51. The average Bonchev–Trinajstić information content (AvgIpc) is 2.73. The molecule has 0 saturated carbocycles. The maximum absolute atomic E-state index is 12.4. The van der Waals surface area contributed by atoms with Crippen molar-refractivity contribution in [1.29, 1.82) is 0 Å². The lowest BCUT2D eigenvalue weighted by Gasteiger charge is -2.22. The van der Waals surface area contributed by atoms with E-state index < -0.39 is 6.10 Å². The molecule has 4 nitrogen and oxygen atoms in total. The lowest BCUT2D eigenvalue weighted by atomic mass is 10.1. The van der Waals surface area contributed by atoms with Crippen molar-refractivity contribution < 1.29 is 14.6 Å². The Bertz CT molecular complexity index is 642. The minimum Gasteiger partial charge on any atom is -0.444 e. The van der Waals surface area contributed by atoms with Crippen LogP contribution in [0.3, 0.4) is 0 Å². The summed E-state index contributed by atoms with van der Waals surface area (Å²) in [5.74, 6) is 0. The predicted octanol–water partition coefficient (Wildman–Crippen LogP) is 3.66. The third kappa shape index (κ3) is 3.12. The van der Waals surface area contributed by atoms with E-state index in [1.165, 1.54) is 0 Å². The molecule has 1 unspecified atom stereocenters. The van der Waals surface area contributed by atoms with E-state index in [1.807, 2.05) is 54.6 Å². The van der Waals surface area contributed by atoms with Crippen LogP contribution in [0.2, 0.25) is 0 Å². The zero-order chi connectivity index (χ0) is 15.4. The molecular formula is C18H19NO3. The van der Waals surface area contributed by atoms with Crippen LogP contribution in [0.25, 0.3) is 0 Å². The van der Waals surface area contributed by atoms with Crippen molar-refractivity contribution in [3.05, 3.63) is 65.7 Å². The second-order valence-electron chi connectivity index (χ2n) is 5.41. The average molecular weight is 297 g/mol. The zero-order valence-electron chi connectivity index (χ0n) is 12.3. The summed E-state index contributed by atoms with van der Waals surface area (Å²) in [6.45, 7) is 0.808. The van der Waals surface area contributed by atoms with Gasteiger partial charge in [0.2, 0.25) is 0 Å². The van der Waals surface area contributed by atoms with Crippen LogP contribution in [0.5, 0.6) is 0 Å². The summed E-state index contributed by atoms with van der Waals surface area (Å²) in [7, 11) is 0. The predicted molar refractivity (Wildman–Crippen MR) is 84.6 cm³/mol. The Hall–Kier alpha value is -2.33. The molecule has 4 heteroatoms. The molecule has 2 aromatic rings. The third-order valence-corrected chi connectivity index (χ3v) is 3.87. The number of aliphatic hydroxyl groups excluding tert-OH is 1. The van der Waals surface area contributed by atoms with Crippen molar-refractivity contribution in [2.24, 2.45) is 0 Å². The number of hydrogen-bond donors (Lipinski definition) is 1. The number of aliphatic hydroxyl groups is 1. The second-order valence-corrected chi connectivity index (χ2v) is 5.41. The fraction of sp³-hybridized carbons (Fsp3) is 0.278. The molecule has 0 radical (unpaired) electrons. The molecule has 0 saturated heterocycles. The van der Waals surface area contributed by atoms with Gasteiger partial charge in [-0.15, -0.1) is 0 Å². The van der Waals surface area contributed by atoms with E-state index in [1.54, 1.807) is 4.90 Å². The van der Waals surface area contributed by atoms with Crippen LogP contribution >= 0.6 is 0 Å². The first-order chi connectivity index (χ1) is 10.8. The maximum atomic E-state index is 12.4. The summed E-state index contributed by atoms with van der Waals surface area (Å²) in [5, 5.41) is 10.2. The number of hydrogen-bond acceptors (Lipinski definition) is 3.